The maximum Gasteiger partial charge on any atom is 0.241 e. The van der Waals surface area contributed by atoms with Gasteiger partial charge in [0.2, 0.25) is 10.0 Å². The average molecular weight is 484 g/mol. The third-order valence-electron chi connectivity index (χ3n) is 5.19. The Balaban J connectivity index is 1.57. The van der Waals surface area contributed by atoms with Gasteiger partial charge in [0.15, 0.2) is 11.5 Å². The van der Waals surface area contributed by atoms with E-state index in [-0.39, 0.29) is 4.90 Å². The Labute approximate surface area is 195 Å². The molecular formula is C23H21N3O5S2. The molecule has 1 aromatic carbocycles. The highest BCUT2D eigenvalue weighted by Gasteiger charge is 2.29. The normalized spacial score (nSPS) is 14.6. The van der Waals surface area contributed by atoms with E-state index < -0.39 is 16.1 Å². The number of methoxy groups -OCH3 is 1. The average Bonchev–Trinajstić information content (AvgIpc) is 3.12. The van der Waals surface area contributed by atoms with E-state index in [2.05, 4.69) is 14.7 Å². The lowest BCUT2D eigenvalue weighted by Crippen LogP contribution is -2.30. The highest BCUT2D eigenvalue weighted by Crippen LogP contribution is 2.37. The molecule has 1 unspecified atom stereocenters. The number of fused-ring (bicyclic) bond motifs is 2. The van der Waals surface area contributed by atoms with Crippen LogP contribution in [-0.2, 0) is 10.0 Å². The standard InChI is InChI=1S/C23H21N3O5S2/c1-29-18-6-3-9-24-21(18)22(20-13-15-5-2-10-25-23(15)32-20)26-33(27,28)16-7-8-17-19(14-16)31-12-4-11-30-17/h2-3,5-10,13-14,22,26H,4,11-12H2,1H3. The Hall–Kier alpha value is -3.21. The van der Waals surface area contributed by atoms with Crippen LogP contribution in [0.3, 0.4) is 0 Å². The first kappa shape index (κ1) is 21.6. The number of ether oxygens (including phenoxy) is 3. The van der Waals surface area contributed by atoms with Gasteiger partial charge in [-0.05, 0) is 36.4 Å². The van der Waals surface area contributed by atoms with E-state index in [9.17, 15) is 8.42 Å². The molecular weight excluding hydrogens is 462 g/mol. The zero-order valence-corrected chi connectivity index (χ0v) is 19.4. The molecule has 3 aromatic heterocycles. The summed E-state index contributed by atoms with van der Waals surface area (Å²) >= 11 is 1.40. The number of pyridine rings is 2. The lowest BCUT2D eigenvalue weighted by molar-refractivity contribution is 0.297. The number of rotatable bonds is 6. The minimum Gasteiger partial charge on any atom is -0.495 e. The highest BCUT2D eigenvalue weighted by molar-refractivity contribution is 7.89. The summed E-state index contributed by atoms with van der Waals surface area (Å²) in [6, 6.07) is 13.0. The van der Waals surface area contributed by atoms with E-state index in [0.717, 1.165) is 21.5 Å². The number of nitrogens with one attached hydrogen (secondary N) is 1. The van der Waals surface area contributed by atoms with Gasteiger partial charge in [-0.25, -0.2) is 13.4 Å². The summed E-state index contributed by atoms with van der Waals surface area (Å²) in [7, 11) is -2.43. The van der Waals surface area contributed by atoms with Crippen molar-refractivity contribution in [2.24, 2.45) is 0 Å². The Kier molecular flexibility index (Phi) is 5.88. The van der Waals surface area contributed by atoms with Crippen molar-refractivity contribution in [1.82, 2.24) is 14.7 Å². The zero-order valence-electron chi connectivity index (χ0n) is 17.7. The third-order valence-corrected chi connectivity index (χ3v) is 7.74. The Morgan fingerprint density at radius 1 is 1.03 bits per heavy atom. The fourth-order valence-electron chi connectivity index (χ4n) is 3.61. The SMILES string of the molecule is COc1cccnc1C(NS(=O)(=O)c1ccc2c(c1)OCCCO2)c1cc2cccnc2s1. The van der Waals surface area contributed by atoms with Gasteiger partial charge < -0.3 is 14.2 Å². The topological polar surface area (TPSA) is 99.6 Å². The summed E-state index contributed by atoms with van der Waals surface area (Å²) in [5, 5.41) is 0.923. The molecule has 1 N–H and O–H groups in total. The fourth-order valence-corrected chi connectivity index (χ4v) is 5.93. The maximum atomic E-state index is 13.5. The van der Waals surface area contributed by atoms with Crippen LogP contribution >= 0.6 is 11.3 Å². The molecule has 33 heavy (non-hydrogen) atoms. The molecule has 0 saturated carbocycles. The van der Waals surface area contributed by atoms with Gasteiger partial charge in [0, 0.05) is 35.1 Å². The van der Waals surface area contributed by atoms with Crippen LogP contribution in [0.25, 0.3) is 10.2 Å². The summed E-state index contributed by atoms with van der Waals surface area (Å²) in [5.74, 6) is 1.42. The second kappa shape index (κ2) is 8.97. The van der Waals surface area contributed by atoms with Gasteiger partial charge in [-0.15, -0.1) is 11.3 Å². The van der Waals surface area contributed by atoms with Crippen molar-refractivity contribution in [2.75, 3.05) is 20.3 Å². The molecule has 0 radical (unpaired) electrons. The Morgan fingerprint density at radius 2 is 1.82 bits per heavy atom. The predicted octanol–water partition coefficient (Wildman–Crippen LogP) is 3.93. The number of thiophene rings is 1. The fraction of sp³-hybridized carbons (Fsp3) is 0.217. The molecule has 170 valence electrons. The molecule has 10 heteroatoms. The third kappa shape index (κ3) is 4.37. The smallest absolute Gasteiger partial charge is 0.241 e. The van der Waals surface area contributed by atoms with Crippen molar-refractivity contribution in [2.45, 2.75) is 17.4 Å². The predicted molar refractivity (Wildman–Crippen MR) is 125 cm³/mol. The molecule has 1 atom stereocenters. The maximum absolute atomic E-state index is 13.5. The minimum absolute atomic E-state index is 0.0749. The molecule has 1 aliphatic rings. The van der Waals surface area contributed by atoms with Gasteiger partial charge in [0.1, 0.15) is 22.3 Å². The molecule has 5 rings (SSSR count). The van der Waals surface area contributed by atoms with Crippen LogP contribution in [0, 0.1) is 0 Å². The quantitative estimate of drug-likeness (QED) is 0.444. The summed E-state index contributed by atoms with van der Waals surface area (Å²) in [6.07, 6.45) is 4.05. The van der Waals surface area contributed by atoms with E-state index in [1.807, 2.05) is 18.2 Å². The summed E-state index contributed by atoms with van der Waals surface area (Å²) in [5.41, 5.74) is 0.462. The van der Waals surface area contributed by atoms with Crippen LogP contribution in [-0.4, -0.2) is 38.7 Å². The van der Waals surface area contributed by atoms with Gasteiger partial charge in [0.05, 0.1) is 25.2 Å². The molecule has 0 amide bonds. The van der Waals surface area contributed by atoms with Crippen molar-refractivity contribution in [3.05, 3.63) is 71.5 Å². The summed E-state index contributed by atoms with van der Waals surface area (Å²) in [6.45, 7) is 0.991. The van der Waals surface area contributed by atoms with Gasteiger partial charge in [-0.3, -0.25) is 4.98 Å². The van der Waals surface area contributed by atoms with Crippen LogP contribution < -0.4 is 18.9 Å². The molecule has 1 aliphatic heterocycles. The van der Waals surface area contributed by atoms with Crippen molar-refractivity contribution in [1.29, 1.82) is 0 Å². The van der Waals surface area contributed by atoms with Crippen LogP contribution in [0.15, 0.2) is 65.8 Å². The van der Waals surface area contributed by atoms with Crippen LogP contribution in [0.2, 0.25) is 0 Å². The minimum atomic E-state index is -3.96. The molecule has 0 aliphatic carbocycles. The molecule has 0 bridgehead atoms. The largest absolute Gasteiger partial charge is 0.495 e. The van der Waals surface area contributed by atoms with Crippen molar-refractivity contribution < 1.29 is 22.6 Å². The summed E-state index contributed by atoms with van der Waals surface area (Å²) in [4.78, 5) is 10.5. The lowest BCUT2D eigenvalue weighted by Gasteiger charge is -2.19. The lowest BCUT2D eigenvalue weighted by atomic mass is 10.1. The first-order valence-corrected chi connectivity index (χ1v) is 12.6. The first-order chi connectivity index (χ1) is 16.0. The number of hydrogen-bond donors (Lipinski definition) is 1. The van der Waals surface area contributed by atoms with E-state index >= 15 is 0 Å². The summed E-state index contributed by atoms with van der Waals surface area (Å²) < 4.78 is 46.6. The second-order valence-corrected chi connectivity index (χ2v) is 10.1. The number of sulfonamides is 1. The van der Waals surface area contributed by atoms with E-state index in [0.29, 0.717) is 36.2 Å². The van der Waals surface area contributed by atoms with E-state index in [1.165, 1.54) is 30.6 Å². The van der Waals surface area contributed by atoms with Crippen LogP contribution in [0.1, 0.15) is 23.0 Å². The van der Waals surface area contributed by atoms with Gasteiger partial charge >= 0.3 is 0 Å². The molecule has 8 nitrogen and oxygen atoms in total. The molecule has 0 fully saturated rings. The molecule has 0 spiro atoms. The molecule has 0 saturated heterocycles. The molecule has 4 heterocycles. The van der Waals surface area contributed by atoms with Crippen molar-refractivity contribution in [3.63, 3.8) is 0 Å². The van der Waals surface area contributed by atoms with Crippen LogP contribution in [0.5, 0.6) is 17.2 Å². The highest BCUT2D eigenvalue weighted by atomic mass is 32.2. The number of nitrogens with zero attached hydrogens (tertiary/aromatic N) is 2. The van der Waals surface area contributed by atoms with Crippen LogP contribution in [0.4, 0.5) is 0 Å². The molecule has 4 aromatic rings. The first-order valence-electron chi connectivity index (χ1n) is 10.3. The number of aromatic nitrogens is 2. The van der Waals surface area contributed by atoms with Gasteiger partial charge in [-0.2, -0.15) is 4.72 Å². The van der Waals surface area contributed by atoms with Gasteiger partial charge in [-0.1, -0.05) is 6.07 Å². The Morgan fingerprint density at radius 3 is 2.64 bits per heavy atom. The zero-order chi connectivity index (χ0) is 22.8. The number of hydrogen-bond acceptors (Lipinski definition) is 8. The van der Waals surface area contributed by atoms with Crippen molar-refractivity contribution in [3.8, 4) is 17.2 Å². The van der Waals surface area contributed by atoms with Crippen molar-refractivity contribution >= 4 is 31.6 Å². The second-order valence-electron chi connectivity index (χ2n) is 7.35. The monoisotopic (exact) mass is 483 g/mol. The number of benzene rings is 1. The van der Waals surface area contributed by atoms with E-state index in [4.69, 9.17) is 14.2 Å². The Bertz CT molecular complexity index is 1370. The van der Waals surface area contributed by atoms with E-state index in [1.54, 1.807) is 30.6 Å². The van der Waals surface area contributed by atoms with Gasteiger partial charge in [0.25, 0.3) is 0 Å².